The van der Waals surface area contributed by atoms with Crippen molar-refractivity contribution in [1.82, 2.24) is 0 Å². The van der Waals surface area contributed by atoms with Crippen molar-refractivity contribution < 1.29 is 19.1 Å². The first kappa shape index (κ1) is 77.0. The zero-order valence-electron chi connectivity index (χ0n) is 53.8. The fraction of sp³-hybridized carbons (Fsp3) is 0.972. The van der Waals surface area contributed by atoms with Gasteiger partial charge in [-0.2, -0.15) is 0 Å². The van der Waals surface area contributed by atoms with E-state index in [1.165, 1.54) is 334 Å². The van der Waals surface area contributed by atoms with Crippen LogP contribution in [0, 0.1) is 17.8 Å². The molecule has 0 rings (SSSR count). The molecular formula is C72H144O4. The van der Waals surface area contributed by atoms with Gasteiger partial charge < -0.3 is 9.47 Å². The minimum Gasteiger partial charge on any atom is -0.466 e. The molecular weight excluding hydrogens is 929 g/mol. The average Bonchev–Trinajstić information content (AvgIpc) is 3.39. The molecule has 0 fully saturated rings. The van der Waals surface area contributed by atoms with Crippen LogP contribution in [-0.4, -0.2) is 25.2 Å². The van der Waals surface area contributed by atoms with Gasteiger partial charge in [-0.15, -0.1) is 0 Å². The van der Waals surface area contributed by atoms with Crippen LogP contribution in [0.15, 0.2) is 0 Å². The van der Waals surface area contributed by atoms with Crippen LogP contribution in [-0.2, 0) is 19.1 Å². The minimum absolute atomic E-state index is 0.0262. The number of esters is 2. The molecule has 0 aliphatic carbocycles. The summed E-state index contributed by atoms with van der Waals surface area (Å²) in [7, 11) is 0. The maximum atomic E-state index is 11.9. The molecule has 0 amide bonds. The molecule has 0 bridgehead atoms. The van der Waals surface area contributed by atoms with E-state index >= 15 is 0 Å². The summed E-state index contributed by atoms with van der Waals surface area (Å²) in [5.74, 6) is 2.67. The summed E-state index contributed by atoms with van der Waals surface area (Å²) in [5, 5.41) is 0. The second-order valence-corrected chi connectivity index (χ2v) is 25.9. The van der Waals surface area contributed by atoms with E-state index in [4.69, 9.17) is 9.47 Å². The van der Waals surface area contributed by atoms with E-state index in [1.54, 1.807) is 0 Å². The van der Waals surface area contributed by atoms with Crippen molar-refractivity contribution in [3.8, 4) is 0 Å². The Labute approximate surface area is 480 Å². The topological polar surface area (TPSA) is 52.6 Å². The lowest BCUT2D eigenvalue weighted by molar-refractivity contribution is -0.144. The first-order valence-electron chi connectivity index (χ1n) is 35.5. The van der Waals surface area contributed by atoms with Crippen molar-refractivity contribution in [3.63, 3.8) is 0 Å². The number of rotatable bonds is 63. The molecule has 4 nitrogen and oxygen atoms in total. The van der Waals surface area contributed by atoms with Crippen molar-refractivity contribution in [2.75, 3.05) is 13.2 Å². The second-order valence-electron chi connectivity index (χ2n) is 25.9. The quantitative estimate of drug-likeness (QED) is 0.0450. The van der Waals surface area contributed by atoms with Crippen molar-refractivity contribution in [3.05, 3.63) is 0 Å². The lowest BCUT2D eigenvalue weighted by atomic mass is 10.0. The second kappa shape index (κ2) is 68.2. The number of carbonyl (C=O) groups is 2. The van der Waals surface area contributed by atoms with Crippen LogP contribution in [0.1, 0.15) is 421 Å². The van der Waals surface area contributed by atoms with Gasteiger partial charge in [0.05, 0.1) is 13.2 Å². The van der Waals surface area contributed by atoms with Gasteiger partial charge in [0.25, 0.3) is 0 Å². The Balaban J connectivity index is 0. The molecule has 0 saturated heterocycles. The maximum Gasteiger partial charge on any atom is 0.305 e. The van der Waals surface area contributed by atoms with Crippen molar-refractivity contribution >= 4 is 11.9 Å². The highest BCUT2D eigenvalue weighted by Gasteiger charge is 2.05. The fourth-order valence-corrected chi connectivity index (χ4v) is 10.9. The standard InChI is InChI=1S/2C36H72O2/c1-34(2)30-26-22-18-14-10-6-5-9-13-17-21-25-29-33-38-36(37)32-28-24-20-16-12-8-7-11-15-19-23-27-31-35(3)4;1-4-5-6-7-8-9-10-11-12-15-18-21-24-27-30-33-36(37)38-34-31-28-25-22-19-16-13-14-17-20-23-26-29-32-35(2)3/h34-35H,5-33H2,1-4H3;35H,4-34H2,1-3H3. The highest BCUT2D eigenvalue weighted by molar-refractivity contribution is 5.69. The van der Waals surface area contributed by atoms with Gasteiger partial charge in [0, 0.05) is 12.8 Å². The van der Waals surface area contributed by atoms with Gasteiger partial charge >= 0.3 is 11.9 Å². The SMILES string of the molecule is CC(C)CCCCCCCCCCCCCCCOC(=O)CCCCCCCCCCCCCCC(C)C.CCCCCCCCCCCCCCCCCC(=O)OCCCCCCCCCCCCCCCC(C)C. The van der Waals surface area contributed by atoms with E-state index in [9.17, 15) is 9.59 Å². The van der Waals surface area contributed by atoms with E-state index in [-0.39, 0.29) is 11.9 Å². The molecule has 0 aromatic heterocycles. The molecule has 0 unspecified atom stereocenters. The van der Waals surface area contributed by atoms with Crippen molar-refractivity contribution in [1.29, 1.82) is 0 Å². The molecule has 456 valence electrons. The molecule has 0 spiro atoms. The Hall–Kier alpha value is -1.06. The van der Waals surface area contributed by atoms with Crippen LogP contribution >= 0.6 is 0 Å². The van der Waals surface area contributed by atoms with E-state index in [1.807, 2.05) is 0 Å². The predicted molar refractivity (Wildman–Crippen MR) is 340 cm³/mol. The number of ether oxygens (including phenoxy) is 2. The number of hydrogen-bond donors (Lipinski definition) is 0. The fourth-order valence-electron chi connectivity index (χ4n) is 10.9. The number of hydrogen-bond acceptors (Lipinski definition) is 4. The van der Waals surface area contributed by atoms with Crippen LogP contribution in [0.5, 0.6) is 0 Å². The van der Waals surface area contributed by atoms with E-state index in [2.05, 4.69) is 48.5 Å². The molecule has 76 heavy (non-hydrogen) atoms. The summed E-state index contributed by atoms with van der Waals surface area (Å²) >= 11 is 0. The normalized spacial score (nSPS) is 11.6. The van der Waals surface area contributed by atoms with Gasteiger partial charge in [-0.1, -0.05) is 382 Å². The molecule has 0 aliphatic rings. The molecule has 0 aromatic rings. The van der Waals surface area contributed by atoms with Crippen LogP contribution in [0.2, 0.25) is 0 Å². The molecule has 0 atom stereocenters. The molecule has 4 heteroatoms. The third-order valence-electron chi connectivity index (χ3n) is 16.3. The summed E-state index contributed by atoms with van der Waals surface area (Å²) in [5.41, 5.74) is 0. The zero-order chi connectivity index (χ0) is 55.7. The highest BCUT2D eigenvalue weighted by atomic mass is 16.5. The molecule has 0 saturated carbocycles. The number of carbonyl (C=O) groups excluding carboxylic acids is 2. The third-order valence-corrected chi connectivity index (χ3v) is 16.3. The summed E-state index contributed by atoms with van der Waals surface area (Å²) in [6.45, 7) is 17.5. The van der Waals surface area contributed by atoms with E-state index in [0.29, 0.717) is 26.1 Å². The average molecular weight is 1070 g/mol. The molecule has 0 aromatic carbocycles. The maximum absolute atomic E-state index is 11.9. The van der Waals surface area contributed by atoms with E-state index < -0.39 is 0 Å². The number of unbranched alkanes of at least 4 members (excludes halogenated alkanes) is 49. The van der Waals surface area contributed by atoms with Crippen LogP contribution < -0.4 is 0 Å². The Morgan fingerprint density at radius 1 is 0.224 bits per heavy atom. The molecule has 0 heterocycles. The Morgan fingerprint density at radius 3 is 0.566 bits per heavy atom. The van der Waals surface area contributed by atoms with E-state index in [0.717, 1.165) is 43.4 Å². The first-order valence-corrected chi connectivity index (χ1v) is 35.5. The minimum atomic E-state index is 0.0262. The Bertz CT molecular complexity index is 1070. The summed E-state index contributed by atoms with van der Waals surface area (Å²) in [6, 6.07) is 0. The molecule has 0 N–H and O–H groups in total. The third kappa shape index (κ3) is 75.0. The summed E-state index contributed by atoms with van der Waals surface area (Å²) in [6.07, 6.45) is 77.4. The van der Waals surface area contributed by atoms with Crippen LogP contribution in [0.25, 0.3) is 0 Å². The monoisotopic (exact) mass is 1070 g/mol. The predicted octanol–water partition coefficient (Wildman–Crippen LogP) is 25.7. The van der Waals surface area contributed by atoms with Crippen molar-refractivity contribution in [2.45, 2.75) is 421 Å². The summed E-state index contributed by atoms with van der Waals surface area (Å²) in [4.78, 5) is 23.8. The van der Waals surface area contributed by atoms with Gasteiger partial charge in [-0.25, -0.2) is 0 Å². The van der Waals surface area contributed by atoms with Gasteiger partial charge in [-0.05, 0) is 43.4 Å². The van der Waals surface area contributed by atoms with Gasteiger partial charge in [-0.3, -0.25) is 9.59 Å². The van der Waals surface area contributed by atoms with Crippen LogP contribution in [0.4, 0.5) is 0 Å². The molecule has 0 radical (unpaired) electrons. The Morgan fingerprint density at radius 2 is 0.382 bits per heavy atom. The lowest BCUT2D eigenvalue weighted by Gasteiger charge is -2.06. The van der Waals surface area contributed by atoms with Crippen molar-refractivity contribution in [2.24, 2.45) is 17.8 Å². The first-order chi connectivity index (χ1) is 37.2. The zero-order valence-corrected chi connectivity index (χ0v) is 53.8. The van der Waals surface area contributed by atoms with Gasteiger partial charge in [0.2, 0.25) is 0 Å². The Kier molecular flexibility index (Phi) is 69.1. The smallest absolute Gasteiger partial charge is 0.305 e. The molecule has 0 aliphatic heterocycles. The lowest BCUT2D eigenvalue weighted by Crippen LogP contribution is -2.05. The summed E-state index contributed by atoms with van der Waals surface area (Å²) < 4.78 is 10.9. The van der Waals surface area contributed by atoms with Gasteiger partial charge in [0.1, 0.15) is 0 Å². The van der Waals surface area contributed by atoms with Crippen LogP contribution in [0.3, 0.4) is 0 Å². The van der Waals surface area contributed by atoms with Gasteiger partial charge in [0.15, 0.2) is 0 Å². The largest absolute Gasteiger partial charge is 0.466 e. The highest BCUT2D eigenvalue weighted by Crippen LogP contribution is 2.19.